The van der Waals surface area contributed by atoms with E-state index < -0.39 is 12.0 Å². The molecule has 0 saturated carbocycles. The zero-order chi connectivity index (χ0) is 17.0. The fraction of sp³-hybridized carbons (Fsp3) is 0.750. The average Bonchev–Trinajstić information content (AvgIpc) is 3.15. The van der Waals surface area contributed by atoms with Crippen LogP contribution >= 0.6 is 0 Å². The highest BCUT2D eigenvalue weighted by Crippen LogP contribution is 2.25. The number of hydrogen-bond acceptors (Lipinski definition) is 4. The first kappa shape index (κ1) is 17.4. The first-order valence-corrected chi connectivity index (χ1v) is 8.24. The van der Waals surface area contributed by atoms with Crippen LogP contribution in [0, 0.1) is 0 Å². The number of carbonyl (C=O) groups is 4. The second kappa shape index (κ2) is 7.57. The average molecular weight is 324 g/mol. The molecule has 128 valence electrons. The number of amides is 2. The van der Waals surface area contributed by atoms with Gasteiger partial charge in [-0.05, 0) is 39.0 Å². The highest BCUT2D eigenvalue weighted by atomic mass is 16.4. The lowest BCUT2D eigenvalue weighted by Gasteiger charge is -2.30. The molecule has 0 radical (unpaired) electrons. The summed E-state index contributed by atoms with van der Waals surface area (Å²) in [4.78, 5) is 50.4. The van der Waals surface area contributed by atoms with Gasteiger partial charge in [-0.3, -0.25) is 19.2 Å². The van der Waals surface area contributed by atoms with Crippen molar-refractivity contribution in [2.75, 3.05) is 13.1 Å². The van der Waals surface area contributed by atoms with Gasteiger partial charge in [-0.2, -0.15) is 0 Å². The lowest BCUT2D eigenvalue weighted by atomic mass is 10.1. The van der Waals surface area contributed by atoms with E-state index in [4.69, 9.17) is 5.11 Å². The zero-order valence-electron chi connectivity index (χ0n) is 13.5. The molecule has 7 nitrogen and oxygen atoms in total. The molecule has 2 saturated heterocycles. The number of Topliss-reactive ketones (excluding diaryl/α,β-unsaturated/α-hetero) is 1. The molecule has 1 N–H and O–H groups in total. The SMILES string of the molecule is CC(=O)[C@@H]1CCCN1C(=O)C1CCCN1C(=O)CCCC(=O)O. The number of likely N-dealkylation sites (tertiary alicyclic amines) is 2. The van der Waals surface area contributed by atoms with Crippen molar-refractivity contribution in [3.63, 3.8) is 0 Å². The number of carboxylic acids is 1. The largest absolute Gasteiger partial charge is 0.481 e. The normalized spacial score (nSPS) is 24.0. The standard InChI is InChI=1S/C16H24N2O5/c1-11(19)12-5-3-10-18(12)16(23)13-6-4-9-17(13)14(20)7-2-8-15(21)22/h12-13H,2-10H2,1H3,(H,21,22)/t12-,13?/m0/s1. The Bertz CT molecular complexity index is 505. The summed E-state index contributed by atoms with van der Waals surface area (Å²) in [6, 6.07) is -0.848. The quantitative estimate of drug-likeness (QED) is 0.780. The highest BCUT2D eigenvalue weighted by molar-refractivity contribution is 5.92. The summed E-state index contributed by atoms with van der Waals surface area (Å²) in [5.74, 6) is -1.23. The first-order chi connectivity index (χ1) is 10.9. The number of nitrogens with zero attached hydrogens (tertiary/aromatic N) is 2. The third-order valence-electron chi connectivity index (χ3n) is 4.64. The van der Waals surface area contributed by atoms with Gasteiger partial charge in [-0.15, -0.1) is 0 Å². The van der Waals surface area contributed by atoms with Crippen molar-refractivity contribution in [1.29, 1.82) is 0 Å². The topological polar surface area (TPSA) is 95.0 Å². The summed E-state index contributed by atoms with van der Waals surface area (Å²) in [6.45, 7) is 2.60. The molecule has 1 unspecified atom stereocenters. The molecule has 2 aliphatic rings. The van der Waals surface area contributed by atoms with Crippen LogP contribution < -0.4 is 0 Å². The van der Waals surface area contributed by atoms with Gasteiger partial charge in [0, 0.05) is 25.9 Å². The molecule has 2 aliphatic heterocycles. The van der Waals surface area contributed by atoms with Crippen LogP contribution in [0.2, 0.25) is 0 Å². The van der Waals surface area contributed by atoms with Gasteiger partial charge >= 0.3 is 5.97 Å². The minimum absolute atomic E-state index is 0.00631. The second-order valence-electron chi connectivity index (χ2n) is 6.29. The van der Waals surface area contributed by atoms with E-state index >= 15 is 0 Å². The maximum atomic E-state index is 12.7. The number of carbonyl (C=O) groups excluding carboxylic acids is 3. The van der Waals surface area contributed by atoms with Crippen molar-refractivity contribution in [1.82, 2.24) is 9.80 Å². The molecule has 2 atom stereocenters. The molecule has 2 rings (SSSR count). The van der Waals surface area contributed by atoms with E-state index in [1.807, 2.05) is 0 Å². The Morgan fingerprint density at radius 3 is 2.17 bits per heavy atom. The molecule has 0 bridgehead atoms. The summed E-state index contributed by atoms with van der Waals surface area (Å²) in [5, 5.41) is 8.64. The fourth-order valence-corrected chi connectivity index (χ4v) is 3.50. The summed E-state index contributed by atoms with van der Waals surface area (Å²) in [6.07, 6.45) is 3.27. The van der Waals surface area contributed by atoms with Gasteiger partial charge < -0.3 is 14.9 Å². The predicted molar refractivity (Wildman–Crippen MR) is 81.6 cm³/mol. The molecule has 0 aromatic rings. The number of rotatable bonds is 6. The van der Waals surface area contributed by atoms with Crippen molar-refractivity contribution in [3.05, 3.63) is 0 Å². The highest BCUT2D eigenvalue weighted by Gasteiger charge is 2.40. The molecule has 7 heteroatoms. The Morgan fingerprint density at radius 1 is 0.957 bits per heavy atom. The van der Waals surface area contributed by atoms with E-state index in [0.29, 0.717) is 25.9 Å². The first-order valence-electron chi connectivity index (χ1n) is 8.24. The molecular formula is C16H24N2O5. The third-order valence-corrected chi connectivity index (χ3v) is 4.64. The summed E-state index contributed by atoms with van der Waals surface area (Å²) in [5.41, 5.74) is 0. The molecule has 0 spiro atoms. The molecule has 0 aromatic heterocycles. The number of ketones is 1. The van der Waals surface area contributed by atoms with E-state index in [2.05, 4.69) is 0 Å². The van der Waals surface area contributed by atoms with Gasteiger partial charge in [0.15, 0.2) is 5.78 Å². The van der Waals surface area contributed by atoms with E-state index in [1.165, 1.54) is 6.92 Å². The maximum absolute atomic E-state index is 12.7. The van der Waals surface area contributed by atoms with E-state index in [-0.39, 0.29) is 42.9 Å². The Labute approximate surface area is 135 Å². The summed E-state index contributed by atoms with van der Waals surface area (Å²) >= 11 is 0. The van der Waals surface area contributed by atoms with Crippen LogP contribution in [0.3, 0.4) is 0 Å². The van der Waals surface area contributed by atoms with Gasteiger partial charge in [0.1, 0.15) is 6.04 Å². The van der Waals surface area contributed by atoms with Crippen LogP contribution in [0.15, 0.2) is 0 Å². The van der Waals surface area contributed by atoms with Crippen LogP contribution in [0.1, 0.15) is 51.9 Å². The Balaban J connectivity index is 1.97. The van der Waals surface area contributed by atoms with Gasteiger partial charge in [0.05, 0.1) is 6.04 Å². The van der Waals surface area contributed by atoms with E-state index in [1.54, 1.807) is 9.80 Å². The van der Waals surface area contributed by atoms with Crippen LogP contribution in [0.25, 0.3) is 0 Å². The Morgan fingerprint density at radius 2 is 1.57 bits per heavy atom. The molecular weight excluding hydrogens is 300 g/mol. The van der Waals surface area contributed by atoms with Crippen molar-refractivity contribution in [2.45, 2.75) is 64.0 Å². The number of hydrogen-bond donors (Lipinski definition) is 1. The van der Waals surface area contributed by atoms with Crippen LogP contribution in [-0.4, -0.2) is 63.6 Å². The minimum atomic E-state index is -0.923. The maximum Gasteiger partial charge on any atom is 0.303 e. The van der Waals surface area contributed by atoms with Crippen molar-refractivity contribution in [2.24, 2.45) is 0 Å². The second-order valence-corrected chi connectivity index (χ2v) is 6.29. The van der Waals surface area contributed by atoms with Gasteiger partial charge in [-0.1, -0.05) is 0 Å². The van der Waals surface area contributed by atoms with Crippen molar-refractivity contribution < 1.29 is 24.3 Å². The molecule has 2 fully saturated rings. The molecule has 2 amide bonds. The van der Waals surface area contributed by atoms with Crippen molar-refractivity contribution in [3.8, 4) is 0 Å². The molecule has 2 heterocycles. The minimum Gasteiger partial charge on any atom is -0.481 e. The lowest BCUT2D eigenvalue weighted by Crippen LogP contribution is -2.50. The molecule has 0 aliphatic carbocycles. The van der Waals surface area contributed by atoms with Crippen molar-refractivity contribution >= 4 is 23.6 Å². The summed E-state index contributed by atoms with van der Waals surface area (Å²) < 4.78 is 0. The smallest absolute Gasteiger partial charge is 0.303 e. The predicted octanol–water partition coefficient (Wildman–Crippen LogP) is 0.812. The van der Waals surface area contributed by atoms with Crippen LogP contribution in [0.4, 0.5) is 0 Å². The van der Waals surface area contributed by atoms with Gasteiger partial charge in [0.25, 0.3) is 0 Å². The Hall–Kier alpha value is -1.92. The van der Waals surface area contributed by atoms with Gasteiger partial charge in [-0.25, -0.2) is 0 Å². The molecule has 0 aromatic carbocycles. The third kappa shape index (κ3) is 4.09. The monoisotopic (exact) mass is 324 g/mol. The number of carboxylic acid groups (broad SMARTS) is 1. The zero-order valence-corrected chi connectivity index (χ0v) is 13.5. The number of aliphatic carboxylic acids is 1. The van der Waals surface area contributed by atoms with E-state index in [9.17, 15) is 19.2 Å². The van der Waals surface area contributed by atoms with Crippen LogP contribution in [0.5, 0.6) is 0 Å². The lowest BCUT2D eigenvalue weighted by molar-refractivity contribution is -0.146. The summed E-state index contributed by atoms with van der Waals surface area (Å²) in [7, 11) is 0. The molecule has 23 heavy (non-hydrogen) atoms. The van der Waals surface area contributed by atoms with Crippen LogP contribution in [-0.2, 0) is 19.2 Å². The fourth-order valence-electron chi connectivity index (χ4n) is 3.50. The Kier molecular flexibility index (Phi) is 5.74. The van der Waals surface area contributed by atoms with E-state index in [0.717, 1.165) is 12.8 Å². The van der Waals surface area contributed by atoms with Gasteiger partial charge in [0.2, 0.25) is 11.8 Å².